The maximum atomic E-state index is 10.2. The van der Waals surface area contributed by atoms with E-state index in [2.05, 4.69) is 34.1 Å². The van der Waals surface area contributed by atoms with E-state index in [1.54, 1.807) is 0 Å². The van der Waals surface area contributed by atoms with Crippen molar-refractivity contribution in [1.29, 1.82) is 0 Å². The lowest BCUT2D eigenvalue weighted by Crippen LogP contribution is -2.41. The molecule has 120 valence electrons. The van der Waals surface area contributed by atoms with Gasteiger partial charge in [-0.2, -0.15) is 0 Å². The normalized spacial score (nSPS) is 18.9. The van der Waals surface area contributed by atoms with Gasteiger partial charge in [0.2, 0.25) is 0 Å². The molecular weight excluding hydrogens is 274 g/mol. The third-order valence-corrected chi connectivity index (χ3v) is 4.53. The SMILES string of the molecule is CCCC(N)(O)Cc1ccc2[nH]c(CN3CCCC3)cc2c1. The summed E-state index contributed by atoms with van der Waals surface area (Å²) >= 11 is 0. The highest BCUT2D eigenvalue weighted by molar-refractivity contribution is 5.81. The van der Waals surface area contributed by atoms with Gasteiger partial charge in [-0.15, -0.1) is 0 Å². The Morgan fingerprint density at radius 3 is 2.77 bits per heavy atom. The maximum absolute atomic E-state index is 10.2. The molecule has 0 saturated carbocycles. The monoisotopic (exact) mass is 301 g/mol. The molecule has 4 heteroatoms. The summed E-state index contributed by atoms with van der Waals surface area (Å²) < 4.78 is 0. The van der Waals surface area contributed by atoms with E-state index in [1.807, 2.05) is 6.92 Å². The summed E-state index contributed by atoms with van der Waals surface area (Å²) in [5, 5.41) is 11.4. The molecule has 3 rings (SSSR count). The number of hydrogen-bond acceptors (Lipinski definition) is 3. The first-order chi connectivity index (χ1) is 10.6. The second-order valence-corrected chi connectivity index (χ2v) is 6.73. The van der Waals surface area contributed by atoms with E-state index in [-0.39, 0.29) is 0 Å². The van der Waals surface area contributed by atoms with Gasteiger partial charge in [0.05, 0.1) is 0 Å². The van der Waals surface area contributed by atoms with Crippen LogP contribution in [0.1, 0.15) is 43.9 Å². The van der Waals surface area contributed by atoms with Crippen molar-refractivity contribution >= 4 is 10.9 Å². The third kappa shape index (κ3) is 3.69. The Morgan fingerprint density at radius 2 is 2.05 bits per heavy atom. The number of aromatic nitrogens is 1. The van der Waals surface area contributed by atoms with Crippen LogP contribution in [0, 0.1) is 0 Å². The second-order valence-electron chi connectivity index (χ2n) is 6.73. The van der Waals surface area contributed by atoms with E-state index in [0.717, 1.165) is 24.0 Å². The van der Waals surface area contributed by atoms with E-state index in [1.165, 1.54) is 37.0 Å². The lowest BCUT2D eigenvalue weighted by molar-refractivity contribution is 0.0376. The molecule has 2 aromatic rings. The molecule has 1 aromatic carbocycles. The van der Waals surface area contributed by atoms with Crippen molar-refractivity contribution in [1.82, 2.24) is 9.88 Å². The molecule has 1 atom stereocenters. The predicted molar refractivity (Wildman–Crippen MR) is 90.6 cm³/mol. The summed E-state index contributed by atoms with van der Waals surface area (Å²) in [6.07, 6.45) is 4.65. The van der Waals surface area contributed by atoms with Crippen LogP contribution < -0.4 is 5.73 Å². The topological polar surface area (TPSA) is 65.3 Å². The van der Waals surface area contributed by atoms with Crippen LogP contribution in [0.5, 0.6) is 0 Å². The molecule has 1 unspecified atom stereocenters. The lowest BCUT2D eigenvalue weighted by atomic mass is 9.98. The zero-order chi connectivity index (χ0) is 15.6. The van der Waals surface area contributed by atoms with Crippen LogP contribution >= 0.6 is 0 Å². The fourth-order valence-corrected chi connectivity index (χ4v) is 3.49. The lowest BCUT2D eigenvalue weighted by Gasteiger charge is -2.22. The second kappa shape index (κ2) is 6.41. The standard InChI is InChI=1S/C18H27N3O/c1-2-7-18(19,22)12-14-5-6-17-15(10-14)11-16(20-17)13-21-8-3-4-9-21/h5-6,10-11,20,22H,2-4,7-9,12-13,19H2,1H3. The number of rotatable bonds is 6. The third-order valence-electron chi connectivity index (χ3n) is 4.53. The zero-order valence-electron chi connectivity index (χ0n) is 13.4. The van der Waals surface area contributed by atoms with Gasteiger partial charge < -0.3 is 15.8 Å². The molecule has 1 fully saturated rings. The fraction of sp³-hybridized carbons (Fsp3) is 0.556. The number of likely N-dealkylation sites (tertiary alicyclic amines) is 1. The van der Waals surface area contributed by atoms with Crippen LogP contribution in [0.25, 0.3) is 10.9 Å². The quantitative estimate of drug-likeness (QED) is 0.719. The van der Waals surface area contributed by atoms with Crippen molar-refractivity contribution in [3.8, 4) is 0 Å². The van der Waals surface area contributed by atoms with Gasteiger partial charge in [0.15, 0.2) is 0 Å². The molecule has 1 aliphatic rings. The molecule has 2 heterocycles. The zero-order valence-corrected chi connectivity index (χ0v) is 13.4. The summed E-state index contributed by atoms with van der Waals surface area (Å²) in [5.74, 6) is 0. The summed E-state index contributed by atoms with van der Waals surface area (Å²) in [5.41, 5.74) is 8.38. The minimum atomic E-state index is -1.10. The maximum Gasteiger partial charge on any atom is 0.117 e. The van der Waals surface area contributed by atoms with Crippen molar-refractivity contribution < 1.29 is 5.11 Å². The Labute approximate surface area is 132 Å². The molecule has 0 spiro atoms. The number of hydrogen-bond donors (Lipinski definition) is 3. The first-order valence-corrected chi connectivity index (χ1v) is 8.40. The minimum absolute atomic E-state index is 0.503. The molecule has 1 aromatic heterocycles. The van der Waals surface area contributed by atoms with Gasteiger partial charge in [0.1, 0.15) is 5.72 Å². The number of aromatic amines is 1. The molecule has 1 aliphatic heterocycles. The van der Waals surface area contributed by atoms with E-state index in [4.69, 9.17) is 5.73 Å². The summed E-state index contributed by atoms with van der Waals surface area (Å²) in [6.45, 7) is 5.45. The van der Waals surface area contributed by atoms with Gasteiger partial charge in [0.25, 0.3) is 0 Å². The number of benzene rings is 1. The van der Waals surface area contributed by atoms with Crippen LogP contribution in [0.15, 0.2) is 24.3 Å². The van der Waals surface area contributed by atoms with Crippen LogP contribution in [0.2, 0.25) is 0 Å². The van der Waals surface area contributed by atoms with Crippen molar-refractivity contribution in [3.05, 3.63) is 35.5 Å². The van der Waals surface area contributed by atoms with Gasteiger partial charge in [-0.3, -0.25) is 4.90 Å². The van der Waals surface area contributed by atoms with E-state index in [0.29, 0.717) is 12.8 Å². The fourth-order valence-electron chi connectivity index (χ4n) is 3.49. The molecule has 0 bridgehead atoms. The minimum Gasteiger partial charge on any atom is -0.376 e. The molecular formula is C18H27N3O. The van der Waals surface area contributed by atoms with E-state index >= 15 is 0 Å². The van der Waals surface area contributed by atoms with Crippen molar-refractivity contribution in [2.45, 2.75) is 51.3 Å². The summed E-state index contributed by atoms with van der Waals surface area (Å²) in [7, 11) is 0. The van der Waals surface area contributed by atoms with Crippen LogP contribution in [0.4, 0.5) is 0 Å². The molecule has 0 amide bonds. The molecule has 4 nitrogen and oxygen atoms in total. The Balaban J connectivity index is 1.74. The average Bonchev–Trinajstić information content (AvgIpc) is 3.07. The molecule has 22 heavy (non-hydrogen) atoms. The van der Waals surface area contributed by atoms with Crippen LogP contribution in [-0.4, -0.2) is 33.8 Å². The first kappa shape index (κ1) is 15.5. The average molecular weight is 301 g/mol. The predicted octanol–water partition coefficient (Wildman–Crippen LogP) is 2.75. The van der Waals surface area contributed by atoms with Gasteiger partial charge in [-0.25, -0.2) is 0 Å². The Bertz CT molecular complexity index is 626. The Morgan fingerprint density at radius 1 is 1.27 bits per heavy atom. The van der Waals surface area contributed by atoms with Gasteiger partial charge in [-0.1, -0.05) is 19.4 Å². The van der Waals surface area contributed by atoms with E-state index < -0.39 is 5.72 Å². The number of nitrogens with zero attached hydrogens (tertiary/aromatic N) is 1. The molecule has 0 aliphatic carbocycles. The number of nitrogens with two attached hydrogens (primary N) is 1. The highest BCUT2D eigenvalue weighted by Crippen LogP contribution is 2.22. The van der Waals surface area contributed by atoms with Gasteiger partial charge >= 0.3 is 0 Å². The number of nitrogens with one attached hydrogen (secondary N) is 1. The van der Waals surface area contributed by atoms with Gasteiger partial charge in [0, 0.05) is 24.2 Å². The number of H-pyrrole nitrogens is 1. The number of fused-ring (bicyclic) bond motifs is 1. The van der Waals surface area contributed by atoms with E-state index in [9.17, 15) is 5.11 Å². The van der Waals surface area contributed by atoms with Crippen molar-refractivity contribution in [2.75, 3.05) is 13.1 Å². The highest BCUT2D eigenvalue weighted by atomic mass is 16.3. The first-order valence-electron chi connectivity index (χ1n) is 8.40. The number of aliphatic hydroxyl groups is 1. The molecule has 4 N–H and O–H groups in total. The highest BCUT2D eigenvalue weighted by Gasteiger charge is 2.20. The van der Waals surface area contributed by atoms with Crippen molar-refractivity contribution in [3.63, 3.8) is 0 Å². The Kier molecular flexibility index (Phi) is 4.52. The van der Waals surface area contributed by atoms with Gasteiger partial charge in [-0.05, 0) is 61.5 Å². The molecule has 1 saturated heterocycles. The Hall–Kier alpha value is -1.36. The van der Waals surface area contributed by atoms with Crippen LogP contribution in [-0.2, 0) is 13.0 Å². The van der Waals surface area contributed by atoms with Crippen molar-refractivity contribution in [2.24, 2.45) is 5.73 Å². The smallest absolute Gasteiger partial charge is 0.117 e. The summed E-state index contributed by atoms with van der Waals surface area (Å²) in [4.78, 5) is 5.99. The molecule has 0 radical (unpaired) electrons. The summed E-state index contributed by atoms with van der Waals surface area (Å²) in [6, 6.07) is 8.53. The largest absolute Gasteiger partial charge is 0.376 e. The van der Waals surface area contributed by atoms with Crippen LogP contribution in [0.3, 0.4) is 0 Å².